The van der Waals surface area contributed by atoms with Gasteiger partial charge in [0.05, 0.1) is 11.1 Å². The fraction of sp³-hybridized carbons (Fsp3) is 0.591. The SMILES string of the molecule is CN=C(NCCCCN1C(=O)c2ccccc2C1=O)N(C)CCC1CCOCC1.I. The average molecular weight is 528 g/mol. The van der Waals surface area contributed by atoms with Crippen molar-refractivity contribution in [2.75, 3.05) is 46.9 Å². The molecule has 0 atom stereocenters. The zero-order valence-electron chi connectivity index (χ0n) is 17.9. The summed E-state index contributed by atoms with van der Waals surface area (Å²) < 4.78 is 5.42. The Hall–Kier alpha value is -1.68. The first kappa shape index (κ1) is 24.6. The molecule has 0 aliphatic carbocycles. The van der Waals surface area contributed by atoms with Crippen molar-refractivity contribution in [2.24, 2.45) is 10.9 Å². The van der Waals surface area contributed by atoms with Gasteiger partial charge in [0.1, 0.15) is 0 Å². The van der Waals surface area contributed by atoms with Crippen LogP contribution in [0, 0.1) is 5.92 Å². The van der Waals surface area contributed by atoms with Crippen LogP contribution in [0.2, 0.25) is 0 Å². The highest BCUT2D eigenvalue weighted by molar-refractivity contribution is 14.0. The molecule has 1 aromatic rings. The number of guanidine groups is 1. The number of aliphatic imine (C=N–C) groups is 1. The molecular weight excluding hydrogens is 495 g/mol. The number of nitrogens with zero attached hydrogens (tertiary/aromatic N) is 3. The maximum absolute atomic E-state index is 12.4. The highest BCUT2D eigenvalue weighted by Gasteiger charge is 2.34. The van der Waals surface area contributed by atoms with Crippen molar-refractivity contribution in [1.82, 2.24) is 15.1 Å². The highest BCUT2D eigenvalue weighted by Crippen LogP contribution is 2.22. The van der Waals surface area contributed by atoms with E-state index in [2.05, 4.69) is 22.3 Å². The van der Waals surface area contributed by atoms with Crippen molar-refractivity contribution in [3.05, 3.63) is 35.4 Å². The number of hydrogen-bond acceptors (Lipinski definition) is 4. The molecule has 1 saturated heterocycles. The van der Waals surface area contributed by atoms with E-state index in [4.69, 9.17) is 4.74 Å². The molecule has 0 unspecified atom stereocenters. The number of halogens is 1. The van der Waals surface area contributed by atoms with Crippen molar-refractivity contribution >= 4 is 41.8 Å². The Bertz CT molecular complexity index is 715. The van der Waals surface area contributed by atoms with E-state index in [1.54, 1.807) is 31.3 Å². The predicted octanol–water partition coefficient (Wildman–Crippen LogP) is 3.00. The Balaban J connectivity index is 0.00000320. The summed E-state index contributed by atoms with van der Waals surface area (Å²) in [6.07, 6.45) is 5.08. The molecule has 30 heavy (non-hydrogen) atoms. The van der Waals surface area contributed by atoms with Gasteiger partial charge in [0.25, 0.3) is 11.8 Å². The second kappa shape index (κ2) is 12.2. The van der Waals surface area contributed by atoms with E-state index < -0.39 is 0 Å². The van der Waals surface area contributed by atoms with Crippen molar-refractivity contribution in [1.29, 1.82) is 0 Å². The van der Waals surface area contributed by atoms with Crippen LogP contribution in [0.3, 0.4) is 0 Å². The molecule has 3 rings (SSSR count). The molecule has 7 nitrogen and oxygen atoms in total. The van der Waals surface area contributed by atoms with Gasteiger partial charge >= 0.3 is 0 Å². The minimum Gasteiger partial charge on any atom is -0.381 e. The highest BCUT2D eigenvalue weighted by atomic mass is 127. The van der Waals surface area contributed by atoms with Gasteiger partial charge in [0, 0.05) is 46.9 Å². The summed E-state index contributed by atoms with van der Waals surface area (Å²) in [5.74, 6) is 1.27. The van der Waals surface area contributed by atoms with Crippen molar-refractivity contribution in [3.8, 4) is 0 Å². The van der Waals surface area contributed by atoms with Gasteiger partial charge in [-0.1, -0.05) is 12.1 Å². The number of nitrogens with one attached hydrogen (secondary N) is 1. The molecule has 0 radical (unpaired) electrons. The number of ether oxygens (including phenoxy) is 1. The van der Waals surface area contributed by atoms with Crippen LogP contribution in [0.4, 0.5) is 0 Å². The fourth-order valence-corrected chi connectivity index (χ4v) is 3.94. The third-order valence-corrected chi connectivity index (χ3v) is 5.76. The largest absolute Gasteiger partial charge is 0.381 e. The monoisotopic (exact) mass is 528 g/mol. The summed E-state index contributed by atoms with van der Waals surface area (Å²) in [4.78, 5) is 32.6. The average Bonchev–Trinajstić information content (AvgIpc) is 3.00. The lowest BCUT2D eigenvalue weighted by atomic mass is 9.96. The number of unbranched alkanes of at least 4 members (excludes halogenated alkanes) is 1. The third kappa shape index (κ3) is 6.16. The molecule has 2 amide bonds. The van der Waals surface area contributed by atoms with E-state index in [-0.39, 0.29) is 35.8 Å². The molecule has 0 bridgehead atoms. The van der Waals surface area contributed by atoms with Gasteiger partial charge in [-0.05, 0) is 50.2 Å². The second-order valence-corrected chi connectivity index (χ2v) is 7.75. The van der Waals surface area contributed by atoms with Crippen LogP contribution >= 0.6 is 24.0 Å². The van der Waals surface area contributed by atoms with Crippen LogP contribution in [0.5, 0.6) is 0 Å². The fourth-order valence-electron chi connectivity index (χ4n) is 3.94. The number of imide groups is 1. The molecule has 0 aromatic heterocycles. The van der Waals surface area contributed by atoms with Crippen molar-refractivity contribution in [3.63, 3.8) is 0 Å². The quantitative estimate of drug-likeness (QED) is 0.185. The van der Waals surface area contributed by atoms with E-state index in [1.165, 1.54) is 4.90 Å². The smallest absolute Gasteiger partial charge is 0.261 e. The maximum atomic E-state index is 12.4. The Kier molecular flexibility index (Phi) is 10.0. The van der Waals surface area contributed by atoms with Gasteiger partial charge < -0.3 is 15.0 Å². The van der Waals surface area contributed by atoms with Crippen molar-refractivity contribution in [2.45, 2.75) is 32.1 Å². The molecule has 2 aliphatic heterocycles. The maximum Gasteiger partial charge on any atom is 0.261 e. The molecule has 1 N–H and O–H groups in total. The lowest BCUT2D eigenvalue weighted by molar-refractivity contribution is 0.0624. The first-order valence-corrected chi connectivity index (χ1v) is 10.6. The van der Waals surface area contributed by atoms with Gasteiger partial charge in [-0.25, -0.2) is 0 Å². The number of fused-ring (bicyclic) bond motifs is 1. The first-order valence-electron chi connectivity index (χ1n) is 10.6. The van der Waals surface area contributed by atoms with E-state index in [1.807, 2.05) is 0 Å². The molecule has 8 heteroatoms. The molecule has 2 aliphatic rings. The van der Waals surface area contributed by atoms with E-state index in [0.29, 0.717) is 17.7 Å². The van der Waals surface area contributed by atoms with Crippen molar-refractivity contribution < 1.29 is 14.3 Å². The minimum atomic E-state index is -0.179. The normalized spacial score (nSPS) is 17.0. The van der Waals surface area contributed by atoms with Crippen LogP contribution < -0.4 is 5.32 Å². The van der Waals surface area contributed by atoms with E-state index in [9.17, 15) is 9.59 Å². The van der Waals surface area contributed by atoms with Crippen LogP contribution in [0.25, 0.3) is 0 Å². The Morgan fingerprint density at radius 1 is 1.17 bits per heavy atom. The molecule has 166 valence electrons. The molecule has 1 fully saturated rings. The standard InChI is InChI=1S/C22H32N4O3.HI/c1-23-22(25(2)14-9-17-10-15-29-16-11-17)24-12-5-6-13-26-20(27)18-7-3-4-8-19(18)21(26)28;/h3-4,7-8,17H,5-6,9-16H2,1-2H3,(H,23,24);1H. The van der Waals surface area contributed by atoms with Crippen LogP contribution in [0.1, 0.15) is 52.8 Å². The number of rotatable bonds is 8. The minimum absolute atomic E-state index is 0. The summed E-state index contributed by atoms with van der Waals surface area (Å²) in [5, 5.41) is 3.38. The molecular formula is C22H33IN4O3. The molecule has 0 saturated carbocycles. The zero-order valence-corrected chi connectivity index (χ0v) is 20.3. The number of hydrogen-bond donors (Lipinski definition) is 1. The first-order chi connectivity index (χ1) is 14.1. The van der Waals surface area contributed by atoms with Crippen LogP contribution in [-0.4, -0.2) is 74.5 Å². The van der Waals surface area contributed by atoms with Gasteiger partial charge in [0.15, 0.2) is 5.96 Å². The third-order valence-electron chi connectivity index (χ3n) is 5.76. The van der Waals surface area contributed by atoms with E-state index >= 15 is 0 Å². The van der Waals surface area contributed by atoms with Gasteiger partial charge in [-0.3, -0.25) is 19.5 Å². The van der Waals surface area contributed by atoms with E-state index in [0.717, 1.165) is 70.3 Å². The second-order valence-electron chi connectivity index (χ2n) is 7.75. The molecule has 1 aromatic carbocycles. The number of benzene rings is 1. The number of carbonyl (C=O) groups is 2. The van der Waals surface area contributed by atoms with Gasteiger partial charge in [-0.15, -0.1) is 24.0 Å². The summed E-state index contributed by atoms with van der Waals surface area (Å²) >= 11 is 0. The topological polar surface area (TPSA) is 74.2 Å². The Morgan fingerprint density at radius 2 is 1.80 bits per heavy atom. The number of amides is 2. The van der Waals surface area contributed by atoms with Gasteiger partial charge in [-0.2, -0.15) is 0 Å². The lowest BCUT2D eigenvalue weighted by Crippen LogP contribution is -2.40. The molecule has 0 spiro atoms. The summed E-state index contributed by atoms with van der Waals surface area (Å²) in [5.41, 5.74) is 1.03. The van der Waals surface area contributed by atoms with Crippen LogP contribution in [-0.2, 0) is 4.74 Å². The van der Waals surface area contributed by atoms with Gasteiger partial charge in [0.2, 0.25) is 0 Å². The number of carbonyl (C=O) groups excluding carboxylic acids is 2. The predicted molar refractivity (Wildman–Crippen MR) is 129 cm³/mol. The molecule has 2 heterocycles. The van der Waals surface area contributed by atoms with Crippen LogP contribution in [0.15, 0.2) is 29.3 Å². The Labute approximate surface area is 196 Å². The summed E-state index contributed by atoms with van der Waals surface area (Å²) in [6.45, 7) is 3.95. The zero-order chi connectivity index (χ0) is 20.6. The summed E-state index contributed by atoms with van der Waals surface area (Å²) in [6, 6.07) is 7.03. The Morgan fingerprint density at radius 3 is 2.40 bits per heavy atom. The lowest BCUT2D eigenvalue weighted by Gasteiger charge is -2.26. The summed E-state index contributed by atoms with van der Waals surface area (Å²) in [7, 11) is 3.86.